The van der Waals surface area contributed by atoms with Gasteiger partial charge in [-0.1, -0.05) is 36.0 Å². The van der Waals surface area contributed by atoms with Gasteiger partial charge in [0.2, 0.25) is 0 Å². The van der Waals surface area contributed by atoms with E-state index in [-0.39, 0.29) is 0 Å². The maximum Gasteiger partial charge on any atom is 0.0424 e. The molecule has 1 N–H and O–H groups in total. The largest absolute Gasteiger partial charge is 0.313 e. The van der Waals surface area contributed by atoms with Gasteiger partial charge in [-0.3, -0.25) is 0 Å². The van der Waals surface area contributed by atoms with E-state index in [1.165, 1.54) is 24.8 Å². The van der Waals surface area contributed by atoms with Crippen LogP contribution < -0.4 is 5.32 Å². The van der Waals surface area contributed by atoms with Gasteiger partial charge in [-0.25, -0.2) is 0 Å². The van der Waals surface area contributed by atoms with Crippen LogP contribution in [0.15, 0.2) is 18.2 Å². The molecule has 0 heterocycles. The molecular formula is C12H15Cl2N. The summed E-state index contributed by atoms with van der Waals surface area (Å²) in [7, 11) is 1.99. The van der Waals surface area contributed by atoms with Crippen molar-refractivity contribution in [3.05, 3.63) is 33.8 Å². The summed E-state index contributed by atoms with van der Waals surface area (Å²) < 4.78 is 0. The van der Waals surface area contributed by atoms with Crippen LogP contribution in [0, 0.1) is 5.92 Å². The van der Waals surface area contributed by atoms with Crippen molar-refractivity contribution in [1.82, 2.24) is 5.32 Å². The van der Waals surface area contributed by atoms with Gasteiger partial charge in [-0.2, -0.15) is 0 Å². The molecule has 1 unspecified atom stereocenters. The molecular weight excluding hydrogens is 229 g/mol. The summed E-state index contributed by atoms with van der Waals surface area (Å²) >= 11 is 12.0. The zero-order chi connectivity index (χ0) is 10.8. The van der Waals surface area contributed by atoms with E-state index in [1.54, 1.807) is 6.07 Å². The number of nitrogens with one attached hydrogen (secondary N) is 1. The third-order valence-electron chi connectivity index (χ3n) is 2.90. The van der Waals surface area contributed by atoms with Crippen LogP contribution in [-0.2, 0) is 0 Å². The Morgan fingerprint density at radius 3 is 2.33 bits per heavy atom. The Balaban J connectivity index is 2.16. The van der Waals surface area contributed by atoms with Crippen LogP contribution in [0.5, 0.6) is 0 Å². The summed E-state index contributed by atoms with van der Waals surface area (Å²) in [4.78, 5) is 0. The van der Waals surface area contributed by atoms with Crippen molar-refractivity contribution < 1.29 is 0 Å². The highest BCUT2D eigenvalue weighted by Gasteiger charge is 2.25. The Morgan fingerprint density at radius 2 is 1.87 bits per heavy atom. The highest BCUT2D eigenvalue weighted by molar-refractivity contribution is 6.34. The highest BCUT2D eigenvalue weighted by atomic mass is 35.5. The number of hydrogen-bond acceptors (Lipinski definition) is 1. The normalized spacial score (nSPS) is 17.8. The van der Waals surface area contributed by atoms with Gasteiger partial charge in [0.1, 0.15) is 0 Å². The second-order valence-electron chi connectivity index (χ2n) is 4.22. The summed E-state index contributed by atoms with van der Waals surface area (Å²) in [5.41, 5.74) is 1.20. The van der Waals surface area contributed by atoms with Crippen LogP contribution in [-0.4, -0.2) is 7.05 Å². The lowest BCUT2D eigenvalue weighted by atomic mass is 10.0. The SMILES string of the molecule is CNC(CC1CC1)c1cc(Cl)cc(Cl)c1. The molecule has 0 bridgehead atoms. The van der Waals surface area contributed by atoms with Crippen LogP contribution in [0.25, 0.3) is 0 Å². The van der Waals surface area contributed by atoms with E-state index in [2.05, 4.69) is 5.32 Å². The van der Waals surface area contributed by atoms with Gasteiger partial charge < -0.3 is 5.32 Å². The first-order valence-corrected chi connectivity index (χ1v) is 6.08. The smallest absolute Gasteiger partial charge is 0.0424 e. The molecule has 1 aromatic rings. The molecule has 1 atom stereocenters. The molecule has 1 aliphatic carbocycles. The summed E-state index contributed by atoms with van der Waals surface area (Å²) in [5, 5.41) is 4.76. The molecule has 0 aliphatic heterocycles. The van der Waals surface area contributed by atoms with Gasteiger partial charge in [0.05, 0.1) is 0 Å². The summed E-state index contributed by atoms with van der Waals surface area (Å²) in [6.45, 7) is 0. The average molecular weight is 244 g/mol. The van der Waals surface area contributed by atoms with Crippen molar-refractivity contribution in [2.24, 2.45) is 5.92 Å². The van der Waals surface area contributed by atoms with Crippen molar-refractivity contribution in [3.63, 3.8) is 0 Å². The monoisotopic (exact) mass is 243 g/mol. The van der Waals surface area contributed by atoms with Crippen molar-refractivity contribution in [2.75, 3.05) is 7.05 Å². The topological polar surface area (TPSA) is 12.0 Å². The Labute approximate surface area is 101 Å². The number of rotatable bonds is 4. The van der Waals surface area contributed by atoms with Crippen molar-refractivity contribution in [2.45, 2.75) is 25.3 Å². The molecule has 0 amide bonds. The maximum absolute atomic E-state index is 5.99. The van der Waals surface area contributed by atoms with E-state index >= 15 is 0 Å². The van der Waals surface area contributed by atoms with Gasteiger partial charge in [-0.05, 0) is 43.1 Å². The molecule has 3 heteroatoms. The van der Waals surface area contributed by atoms with E-state index in [0.29, 0.717) is 16.1 Å². The van der Waals surface area contributed by atoms with Crippen molar-refractivity contribution >= 4 is 23.2 Å². The third kappa shape index (κ3) is 3.10. The molecule has 1 aliphatic rings. The second kappa shape index (κ2) is 4.73. The summed E-state index contributed by atoms with van der Waals surface area (Å²) in [6.07, 6.45) is 3.92. The van der Waals surface area contributed by atoms with Gasteiger partial charge in [-0.15, -0.1) is 0 Å². The Bertz CT molecular complexity index is 327. The number of halogens is 2. The zero-order valence-corrected chi connectivity index (χ0v) is 10.3. The standard InChI is InChI=1S/C12H15Cl2N/c1-15-12(4-8-2-3-8)9-5-10(13)7-11(14)6-9/h5-8,12,15H,2-4H2,1H3. The van der Waals surface area contributed by atoms with E-state index in [9.17, 15) is 0 Å². The van der Waals surface area contributed by atoms with E-state index in [4.69, 9.17) is 23.2 Å². The minimum absolute atomic E-state index is 0.383. The van der Waals surface area contributed by atoms with Crippen molar-refractivity contribution in [3.8, 4) is 0 Å². The minimum atomic E-state index is 0.383. The summed E-state index contributed by atoms with van der Waals surface area (Å²) in [5.74, 6) is 0.889. The van der Waals surface area contributed by atoms with Crippen molar-refractivity contribution in [1.29, 1.82) is 0 Å². The second-order valence-corrected chi connectivity index (χ2v) is 5.10. The predicted molar refractivity (Wildman–Crippen MR) is 65.6 cm³/mol. The van der Waals surface area contributed by atoms with Crippen LogP contribution >= 0.6 is 23.2 Å². The van der Waals surface area contributed by atoms with Gasteiger partial charge in [0.15, 0.2) is 0 Å². The first-order valence-electron chi connectivity index (χ1n) is 5.32. The number of hydrogen-bond donors (Lipinski definition) is 1. The zero-order valence-electron chi connectivity index (χ0n) is 8.76. The quantitative estimate of drug-likeness (QED) is 0.842. The van der Waals surface area contributed by atoms with E-state index < -0.39 is 0 Å². The fraction of sp³-hybridized carbons (Fsp3) is 0.500. The van der Waals surface area contributed by atoms with Gasteiger partial charge >= 0.3 is 0 Å². The molecule has 1 aromatic carbocycles. The summed E-state index contributed by atoms with van der Waals surface area (Å²) in [6, 6.07) is 6.15. The molecule has 0 saturated heterocycles. The van der Waals surface area contributed by atoms with Crippen LogP contribution in [0.3, 0.4) is 0 Å². The Kier molecular flexibility index (Phi) is 3.55. The van der Waals surface area contributed by atoms with Crippen LogP contribution in [0.1, 0.15) is 30.9 Å². The van der Waals surface area contributed by atoms with Gasteiger partial charge in [0, 0.05) is 16.1 Å². The third-order valence-corrected chi connectivity index (χ3v) is 3.34. The van der Waals surface area contributed by atoms with Crippen LogP contribution in [0.4, 0.5) is 0 Å². The predicted octanol–water partition coefficient (Wildman–Crippen LogP) is 4.05. The molecule has 0 spiro atoms. The van der Waals surface area contributed by atoms with E-state index in [0.717, 1.165) is 5.92 Å². The molecule has 82 valence electrons. The molecule has 1 saturated carbocycles. The Morgan fingerprint density at radius 1 is 1.27 bits per heavy atom. The first kappa shape index (κ1) is 11.3. The molecule has 15 heavy (non-hydrogen) atoms. The first-order chi connectivity index (χ1) is 7.19. The Hall–Kier alpha value is -0.240. The molecule has 1 fully saturated rings. The molecule has 2 rings (SSSR count). The maximum atomic E-state index is 5.99. The molecule has 0 aromatic heterocycles. The van der Waals surface area contributed by atoms with Crippen LogP contribution in [0.2, 0.25) is 10.0 Å². The van der Waals surface area contributed by atoms with E-state index in [1.807, 2.05) is 19.2 Å². The highest BCUT2D eigenvalue weighted by Crippen LogP contribution is 2.38. The fourth-order valence-electron chi connectivity index (χ4n) is 1.88. The lowest BCUT2D eigenvalue weighted by Gasteiger charge is -2.16. The number of benzene rings is 1. The molecule has 1 nitrogen and oxygen atoms in total. The lowest BCUT2D eigenvalue weighted by Crippen LogP contribution is -2.16. The fourth-order valence-corrected chi connectivity index (χ4v) is 2.43. The lowest BCUT2D eigenvalue weighted by molar-refractivity contribution is 0.514. The molecule has 0 radical (unpaired) electrons. The minimum Gasteiger partial charge on any atom is -0.313 e. The van der Waals surface area contributed by atoms with Gasteiger partial charge in [0.25, 0.3) is 0 Å². The average Bonchev–Trinajstić information content (AvgIpc) is 2.96.